The Morgan fingerprint density at radius 3 is 2.75 bits per heavy atom. The van der Waals surface area contributed by atoms with Crippen molar-refractivity contribution in [3.8, 4) is 0 Å². The van der Waals surface area contributed by atoms with E-state index >= 15 is 0 Å². The van der Waals surface area contributed by atoms with E-state index in [2.05, 4.69) is 31.1 Å². The summed E-state index contributed by atoms with van der Waals surface area (Å²) in [5.74, 6) is -0.586. The van der Waals surface area contributed by atoms with Gasteiger partial charge in [0.25, 0.3) is 11.8 Å². The van der Waals surface area contributed by atoms with E-state index in [4.69, 9.17) is 4.74 Å². The largest absolute Gasteiger partial charge is 0.466 e. The van der Waals surface area contributed by atoms with E-state index in [-0.39, 0.29) is 47.6 Å². The predicted molar refractivity (Wildman–Crippen MR) is 122 cm³/mol. The lowest BCUT2D eigenvalue weighted by Gasteiger charge is -2.39. The molecule has 32 heavy (non-hydrogen) atoms. The summed E-state index contributed by atoms with van der Waals surface area (Å²) in [4.78, 5) is 42.8. The van der Waals surface area contributed by atoms with Crippen molar-refractivity contribution in [1.82, 2.24) is 15.2 Å². The summed E-state index contributed by atoms with van der Waals surface area (Å²) in [7, 11) is 0. The first kappa shape index (κ1) is 22.4. The number of nitrogens with zero attached hydrogens (tertiary/aromatic N) is 1. The quantitative estimate of drug-likeness (QED) is 0.668. The van der Waals surface area contributed by atoms with Crippen molar-refractivity contribution in [2.45, 2.75) is 59.4 Å². The van der Waals surface area contributed by atoms with Gasteiger partial charge in [-0.2, -0.15) is 0 Å². The highest BCUT2D eigenvalue weighted by atomic mass is 16.5. The number of amides is 2. The van der Waals surface area contributed by atoms with E-state index < -0.39 is 0 Å². The molecule has 1 aliphatic carbocycles. The van der Waals surface area contributed by atoms with E-state index in [9.17, 15) is 14.4 Å². The molecule has 1 saturated heterocycles. The average Bonchev–Trinajstić information content (AvgIpc) is 3.24. The molecule has 2 fully saturated rings. The highest BCUT2D eigenvalue weighted by Crippen LogP contribution is 2.52. The van der Waals surface area contributed by atoms with E-state index in [1.807, 2.05) is 23.1 Å². The van der Waals surface area contributed by atoms with Crippen LogP contribution in [-0.2, 0) is 9.53 Å². The topological polar surface area (TPSA) is 91.5 Å². The van der Waals surface area contributed by atoms with Crippen LogP contribution in [0.15, 0.2) is 24.4 Å². The summed E-state index contributed by atoms with van der Waals surface area (Å²) in [6.45, 7) is 9.94. The molecule has 7 heteroatoms. The van der Waals surface area contributed by atoms with Crippen molar-refractivity contribution in [1.29, 1.82) is 0 Å². The molecule has 2 atom stereocenters. The standard InChI is InChI=1S/C25H33N3O4/c1-5-32-21(29)8-9-26-22(30)19-13-27-20-7-6-16(10-18(19)20)23(31)28-15-25(4)12-17(28)11-24(2,3)14-25/h6-7,10,13,17,27H,5,8-9,11-12,14-15H2,1-4H3,(H,26,30). The zero-order chi connectivity index (χ0) is 23.1. The molecule has 1 aromatic carbocycles. The maximum atomic E-state index is 13.5. The van der Waals surface area contributed by atoms with Crippen molar-refractivity contribution in [3.63, 3.8) is 0 Å². The van der Waals surface area contributed by atoms with Gasteiger partial charge in [-0.15, -0.1) is 0 Å². The minimum absolute atomic E-state index is 0.0354. The number of aromatic nitrogens is 1. The lowest BCUT2D eigenvalue weighted by atomic mass is 9.65. The molecule has 7 nitrogen and oxygen atoms in total. The fraction of sp³-hybridized carbons (Fsp3) is 0.560. The molecule has 0 radical (unpaired) electrons. The Hall–Kier alpha value is -2.83. The minimum Gasteiger partial charge on any atom is -0.466 e. The minimum atomic E-state index is -0.340. The molecule has 4 rings (SSSR count). The van der Waals surface area contributed by atoms with Gasteiger partial charge in [-0.3, -0.25) is 14.4 Å². The molecule has 172 valence electrons. The van der Waals surface area contributed by atoms with Crippen LogP contribution < -0.4 is 5.32 Å². The summed E-state index contributed by atoms with van der Waals surface area (Å²) in [6.07, 6.45) is 4.98. The van der Waals surface area contributed by atoms with Gasteiger partial charge in [0.05, 0.1) is 18.6 Å². The normalized spacial score (nSPS) is 23.9. The number of likely N-dealkylation sites (tertiary alicyclic amines) is 1. The molecule has 2 amide bonds. The van der Waals surface area contributed by atoms with Crippen molar-refractivity contribution in [2.24, 2.45) is 10.8 Å². The summed E-state index contributed by atoms with van der Waals surface area (Å²) in [5.41, 5.74) is 2.28. The van der Waals surface area contributed by atoms with Crippen LogP contribution in [-0.4, -0.2) is 53.4 Å². The molecule has 1 aliphatic heterocycles. The van der Waals surface area contributed by atoms with Gasteiger partial charge in [0.15, 0.2) is 0 Å². The van der Waals surface area contributed by atoms with Crippen LogP contribution >= 0.6 is 0 Å². The summed E-state index contributed by atoms with van der Waals surface area (Å²) >= 11 is 0. The molecular formula is C25H33N3O4. The third-order valence-electron chi connectivity index (χ3n) is 6.77. The Bertz CT molecular complexity index is 1060. The van der Waals surface area contributed by atoms with Crippen molar-refractivity contribution < 1.29 is 19.1 Å². The van der Waals surface area contributed by atoms with E-state index in [0.29, 0.717) is 23.1 Å². The van der Waals surface area contributed by atoms with Crippen LogP contribution in [0.25, 0.3) is 10.9 Å². The zero-order valence-corrected chi connectivity index (χ0v) is 19.4. The van der Waals surface area contributed by atoms with Crippen LogP contribution in [0.3, 0.4) is 0 Å². The Morgan fingerprint density at radius 2 is 2.00 bits per heavy atom. The van der Waals surface area contributed by atoms with E-state index in [1.54, 1.807) is 13.1 Å². The second-order valence-electron chi connectivity index (χ2n) is 10.4. The van der Waals surface area contributed by atoms with Gasteiger partial charge in [-0.25, -0.2) is 0 Å². The third-order valence-corrected chi connectivity index (χ3v) is 6.77. The Labute approximate surface area is 188 Å². The number of nitrogens with one attached hydrogen (secondary N) is 2. The zero-order valence-electron chi connectivity index (χ0n) is 19.4. The average molecular weight is 440 g/mol. The number of aromatic amines is 1. The van der Waals surface area contributed by atoms with Gasteiger partial charge in [0, 0.05) is 41.8 Å². The molecule has 2 N–H and O–H groups in total. The molecule has 2 bridgehead atoms. The first-order valence-electron chi connectivity index (χ1n) is 11.5. The Balaban J connectivity index is 1.51. The summed E-state index contributed by atoms with van der Waals surface area (Å²) in [6, 6.07) is 5.76. The number of rotatable bonds is 6. The van der Waals surface area contributed by atoms with Crippen LogP contribution in [0.4, 0.5) is 0 Å². The van der Waals surface area contributed by atoms with Gasteiger partial charge in [0.2, 0.25) is 0 Å². The SMILES string of the molecule is CCOC(=O)CCNC(=O)c1c[nH]c2ccc(C(=O)N3CC4(C)CC3CC(C)(C)C4)cc12. The molecule has 1 aromatic heterocycles. The van der Waals surface area contributed by atoms with Crippen LogP contribution in [0.5, 0.6) is 0 Å². The number of hydrogen-bond donors (Lipinski definition) is 2. The second kappa shape index (κ2) is 8.26. The van der Waals surface area contributed by atoms with Gasteiger partial charge >= 0.3 is 5.97 Å². The highest BCUT2D eigenvalue weighted by Gasteiger charge is 2.51. The number of benzene rings is 1. The third kappa shape index (κ3) is 4.38. The molecule has 2 aromatic rings. The summed E-state index contributed by atoms with van der Waals surface area (Å²) in [5, 5.41) is 3.47. The lowest BCUT2D eigenvalue weighted by molar-refractivity contribution is -0.142. The first-order chi connectivity index (χ1) is 15.1. The second-order valence-corrected chi connectivity index (χ2v) is 10.4. The first-order valence-corrected chi connectivity index (χ1v) is 11.5. The maximum Gasteiger partial charge on any atom is 0.307 e. The number of carbonyl (C=O) groups is 3. The number of H-pyrrole nitrogens is 1. The van der Waals surface area contributed by atoms with Gasteiger partial charge in [-0.1, -0.05) is 20.8 Å². The number of ether oxygens (including phenoxy) is 1. The van der Waals surface area contributed by atoms with E-state index in [1.165, 1.54) is 0 Å². The molecule has 2 heterocycles. The van der Waals surface area contributed by atoms with E-state index in [0.717, 1.165) is 31.3 Å². The molecule has 2 unspecified atom stereocenters. The van der Waals surface area contributed by atoms with Crippen molar-refractivity contribution in [2.75, 3.05) is 19.7 Å². The molecular weight excluding hydrogens is 406 g/mol. The summed E-state index contributed by atoms with van der Waals surface area (Å²) < 4.78 is 4.89. The molecule has 1 saturated carbocycles. The molecule has 2 aliphatic rings. The van der Waals surface area contributed by atoms with Crippen molar-refractivity contribution in [3.05, 3.63) is 35.5 Å². The fourth-order valence-corrected chi connectivity index (χ4v) is 5.91. The molecule has 0 spiro atoms. The van der Waals surface area contributed by atoms with Crippen LogP contribution in [0, 0.1) is 10.8 Å². The number of hydrogen-bond acceptors (Lipinski definition) is 4. The van der Waals surface area contributed by atoms with Crippen molar-refractivity contribution >= 4 is 28.7 Å². The predicted octanol–water partition coefficient (Wildman–Crippen LogP) is 3.89. The Morgan fingerprint density at radius 1 is 1.22 bits per heavy atom. The highest BCUT2D eigenvalue weighted by molar-refractivity contribution is 6.09. The fourth-order valence-electron chi connectivity index (χ4n) is 5.91. The smallest absolute Gasteiger partial charge is 0.307 e. The van der Waals surface area contributed by atoms with Gasteiger partial charge in [0.1, 0.15) is 0 Å². The number of carbonyl (C=O) groups excluding carboxylic acids is 3. The van der Waals surface area contributed by atoms with Crippen LogP contribution in [0.1, 0.15) is 74.1 Å². The maximum absolute atomic E-state index is 13.5. The number of fused-ring (bicyclic) bond motifs is 3. The van der Waals surface area contributed by atoms with Gasteiger partial charge < -0.3 is 19.9 Å². The lowest BCUT2D eigenvalue weighted by Crippen LogP contribution is -2.37. The monoisotopic (exact) mass is 439 g/mol. The van der Waals surface area contributed by atoms with Gasteiger partial charge in [-0.05, 0) is 55.2 Å². The number of esters is 1. The van der Waals surface area contributed by atoms with Crippen LogP contribution in [0.2, 0.25) is 0 Å². The Kier molecular flexibility index (Phi) is 5.77.